The van der Waals surface area contributed by atoms with Gasteiger partial charge in [-0.2, -0.15) is 0 Å². The van der Waals surface area contributed by atoms with Crippen LogP contribution < -0.4 is 4.74 Å². The van der Waals surface area contributed by atoms with Gasteiger partial charge in [-0.05, 0) is 24.6 Å². The van der Waals surface area contributed by atoms with Crippen molar-refractivity contribution >= 4 is 0 Å². The summed E-state index contributed by atoms with van der Waals surface area (Å²) in [6.07, 6.45) is 0. The lowest BCUT2D eigenvalue weighted by molar-refractivity contribution is 0.279. The number of aliphatic hydroxyl groups is 1. The van der Waals surface area contributed by atoms with Crippen molar-refractivity contribution in [1.82, 2.24) is 0 Å². The minimum atomic E-state index is -0.420. The fourth-order valence-corrected chi connectivity index (χ4v) is 0.987. The molecule has 0 fully saturated rings. The number of aliphatic hydroxyl groups excluding tert-OH is 1. The molecule has 74 valence electrons. The van der Waals surface area contributed by atoms with Gasteiger partial charge in [0.2, 0.25) is 0 Å². The van der Waals surface area contributed by atoms with E-state index in [1.54, 1.807) is 13.0 Å². The molecule has 1 rings (SSSR count). The molecule has 1 N–H and O–H groups in total. The second-order valence-corrected chi connectivity index (χ2v) is 2.67. The molecule has 14 heavy (non-hydrogen) atoms. The number of ether oxygens (including phenoxy) is 1. The van der Waals surface area contributed by atoms with Crippen LogP contribution in [0.3, 0.4) is 0 Å². The van der Waals surface area contributed by atoms with Crippen LogP contribution in [0.5, 0.6) is 5.75 Å². The van der Waals surface area contributed by atoms with Gasteiger partial charge in [0.05, 0.1) is 6.61 Å². The van der Waals surface area contributed by atoms with Crippen LogP contribution in [0.2, 0.25) is 0 Å². The van der Waals surface area contributed by atoms with E-state index < -0.39 is 5.82 Å². The van der Waals surface area contributed by atoms with Gasteiger partial charge in [0, 0.05) is 6.07 Å². The minimum Gasteiger partial charge on any atom is -0.481 e. The lowest BCUT2D eigenvalue weighted by Crippen LogP contribution is -1.96. The van der Waals surface area contributed by atoms with Crippen LogP contribution in [-0.4, -0.2) is 11.7 Å². The number of hydrogen-bond acceptors (Lipinski definition) is 2. The number of rotatable bonds is 3. The van der Waals surface area contributed by atoms with Crippen molar-refractivity contribution in [2.24, 2.45) is 0 Å². The van der Waals surface area contributed by atoms with E-state index in [4.69, 9.17) is 9.84 Å². The van der Waals surface area contributed by atoms with Gasteiger partial charge in [0.15, 0.2) is 0 Å². The molecule has 0 radical (unpaired) electrons. The summed E-state index contributed by atoms with van der Waals surface area (Å²) in [7, 11) is 0. The van der Waals surface area contributed by atoms with E-state index in [0.29, 0.717) is 11.3 Å². The van der Waals surface area contributed by atoms with Crippen LogP contribution in [0.4, 0.5) is 4.39 Å². The van der Waals surface area contributed by atoms with E-state index in [0.717, 1.165) is 0 Å². The Kier molecular flexibility index (Phi) is 3.96. The van der Waals surface area contributed by atoms with Crippen molar-refractivity contribution in [3.8, 4) is 17.6 Å². The molecular formula is C11H11FO2. The zero-order valence-corrected chi connectivity index (χ0v) is 7.88. The molecule has 1 aromatic rings. The van der Waals surface area contributed by atoms with Gasteiger partial charge in [0.25, 0.3) is 0 Å². The highest BCUT2D eigenvalue weighted by atomic mass is 19.1. The second kappa shape index (κ2) is 5.25. The highest BCUT2D eigenvalue weighted by molar-refractivity contribution is 5.29. The van der Waals surface area contributed by atoms with E-state index in [2.05, 4.69) is 11.8 Å². The molecule has 2 nitrogen and oxygen atoms in total. The monoisotopic (exact) mass is 194 g/mol. The summed E-state index contributed by atoms with van der Waals surface area (Å²) in [5.41, 5.74) is 0.490. The fourth-order valence-electron chi connectivity index (χ4n) is 0.987. The third-order valence-electron chi connectivity index (χ3n) is 1.60. The summed E-state index contributed by atoms with van der Waals surface area (Å²) in [5.74, 6) is 5.33. The van der Waals surface area contributed by atoms with Crippen molar-refractivity contribution in [2.45, 2.75) is 13.5 Å². The molecule has 0 aliphatic carbocycles. The summed E-state index contributed by atoms with van der Waals surface area (Å²) in [5, 5.41) is 8.81. The van der Waals surface area contributed by atoms with E-state index in [1.165, 1.54) is 12.1 Å². The highest BCUT2D eigenvalue weighted by Crippen LogP contribution is 2.16. The molecule has 0 aliphatic rings. The Morgan fingerprint density at radius 2 is 2.21 bits per heavy atom. The molecule has 0 bridgehead atoms. The molecule has 0 saturated carbocycles. The maximum Gasteiger partial charge on any atom is 0.149 e. The second-order valence-electron chi connectivity index (χ2n) is 2.67. The Hall–Kier alpha value is -1.53. The first-order valence-corrected chi connectivity index (χ1v) is 4.19. The average molecular weight is 194 g/mol. The third-order valence-corrected chi connectivity index (χ3v) is 1.60. The van der Waals surface area contributed by atoms with E-state index >= 15 is 0 Å². The molecule has 3 heteroatoms. The number of benzene rings is 1. The van der Waals surface area contributed by atoms with Crippen molar-refractivity contribution in [3.05, 3.63) is 29.6 Å². The van der Waals surface area contributed by atoms with Crippen molar-refractivity contribution in [3.63, 3.8) is 0 Å². The Balaban J connectivity index is 2.74. The lowest BCUT2D eigenvalue weighted by atomic mass is 10.2. The van der Waals surface area contributed by atoms with Crippen LogP contribution in [0.1, 0.15) is 12.5 Å². The molecule has 0 heterocycles. The number of halogens is 1. The predicted molar refractivity (Wildman–Crippen MR) is 51.3 cm³/mol. The first-order valence-electron chi connectivity index (χ1n) is 4.19. The quantitative estimate of drug-likeness (QED) is 0.742. The van der Waals surface area contributed by atoms with Gasteiger partial charge in [-0.1, -0.05) is 5.92 Å². The molecule has 0 amide bonds. The van der Waals surface area contributed by atoms with Gasteiger partial charge >= 0.3 is 0 Å². The van der Waals surface area contributed by atoms with Gasteiger partial charge in [-0.15, -0.1) is 5.92 Å². The van der Waals surface area contributed by atoms with E-state index in [9.17, 15) is 4.39 Å². The Morgan fingerprint density at radius 1 is 1.43 bits per heavy atom. The molecule has 0 spiro atoms. The van der Waals surface area contributed by atoms with E-state index in [-0.39, 0.29) is 13.2 Å². The maximum atomic E-state index is 12.9. The Labute approximate surface area is 82.3 Å². The van der Waals surface area contributed by atoms with Gasteiger partial charge in [0.1, 0.15) is 18.2 Å². The lowest BCUT2D eigenvalue weighted by Gasteiger charge is -2.04. The molecule has 0 aliphatic heterocycles. The summed E-state index contributed by atoms with van der Waals surface area (Å²) >= 11 is 0. The topological polar surface area (TPSA) is 29.5 Å². The molecule has 0 atom stereocenters. The molecule has 0 unspecified atom stereocenters. The van der Waals surface area contributed by atoms with Crippen LogP contribution in [0.25, 0.3) is 0 Å². The van der Waals surface area contributed by atoms with Crippen LogP contribution in [0, 0.1) is 17.7 Å². The molecular weight excluding hydrogens is 183 g/mol. The summed E-state index contributed by atoms with van der Waals surface area (Å²) < 4.78 is 18.0. The molecule has 1 aromatic carbocycles. The van der Waals surface area contributed by atoms with Gasteiger partial charge in [-0.3, -0.25) is 0 Å². The van der Waals surface area contributed by atoms with Crippen LogP contribution >= 0.6 is 0 Å². The Bertz CT molecular complexity index is 363. The summed E-state index contributed by atoms with van der Waals surface area (Å²) in [4.78, 5) is 0. The highest BCUT2D eigenvalue weighted by Gasteiger charge is 2.00. The first kappa shape index (κ1) is 10.6. The SMILES string of the molecule is CC#CCOc1cc(F)cc(CO)c1. The predicted octanol–water partition coefficient (Wildman–Crippen LogP) is 1.72. The van der Waals surface area contributed by atoms with Gasteiger partial charge < -0.3 is 9.84 Å². The summed E-state index contributed by atoms with van der Waals surface area (Å²) in [6.45, 7) is 1.73. The van der Waals surface area contributed by atoms with Crippen LogP contribution in [0.15, 0.2) is 18.2 Å². The van der Waals surface area contributed by atoms with Crippen molar-refractivity contribution < 1.29 is 14.2 Å². The third kappa shape index (κ3) is 3.08. The smallest absolute Gasteiger partial charge is 0.149 e. The Morgan fingerprint density at radius 3 is 2.86 bits per heavy atom. The van der Waals surface area contributed by atoms with E-state index in [1.807, 2.05) is 0 Å². The molecule has 0 aromatic heterocycles. The summed E-state index contributed by atoms with van der Waals surface area (Å²) in [6, 6.07) is 4.11. The first-order chi connectivity index (χ1) is 6.76. The minimum absolute atomic E-state index is 0.201. The average Bonchev–Trinajstić information content (AvgIpc) is 2.17. The zero-order valence-electron chi connectivity index (χ0n) is 7.88. The van der Waals surface area contributed by atoms with Crippen molar-refractivity contribution in [2.75, 3.05) is 6.61 Å². The number of hydrogen-bond donors (Lipinski definition) is 1. The normalized spacial score (nSPS) is 9.07. The zero-order chi connectivity index (χ0) is 10.4. The van der Waals surface area contributed by atoms with Crippen molar-refractivity contribution in [1.29, 1.82) is 0 Å². The van der Waals surface area contributed by atoms with Gasteiger partial charge in [-0.25, -0.2) is 4.39 Å². The maximum absolute atomic E-state index is 12.9. The standard InChI is InChI=1S/C11H11FO2/c1-2-3-4-14-11-6-9(8-13)5-10(12)7-11/h5-7,13H,4,8H2,1H3. The molecule has 0 saturated heterocycles. The van der Waals surface area contributed by atoms with Crippen LogP contribution in [-0.2, 0) is 6.61 Å². The largest absolute Gasteiger partial charge is 0.481 e. The fraction of sp³-hybridized carbons (Fsp3) is 0.273.